The van der Waals surface area contributed by atoms with Crippen molar-refractivity contribution in [2.75, 3.05) is 36.5 Å². The molecule has 1 aromatic rings. The molecule has 1 fully saturated rings. The van der Waals surface area contributed by atoms with Crippen LogP contribution in [0.4, 0.5) is 14.5 Å². The Morgan fingerprint density at radius 1 is 1.24 bits per heavy atom. The zero-order valence-electron chi connectivity index (χ0n) is 9.80. The Balaban J connectivity index is 2.27. The summed E-state index contributed by atoms with van der Waals surface area (Å²) in [5, 5.41) is 2.89. The van der Waals surface area contributed by atoms with Crippen LogP contribution in [0.15, 0.2) is 12.1 Å². The predicted octanol–water partition coefficient (Wildman–Crippen LogP) is 2.24. The molecule has 0 atom stereocenters. The monoisotopic (exact) mass is 258 g/mol. The molecular weight excluding hydrogens is 242 g/mol. The first-order valence-corrected chi connectivity index (χ1v) is 6.83. The van der Waals surface area contributed by atoms with Crippen molar-refractivity contribution in [3.8, 4) is 0 Å². The van der Waals surface area contributed by atoms with Crippen LogP contribution in [0.5, 0.6) is 0 Å². The smallest absolute Gasteiger partial charge is 0.149 e. The van der Waals surface area contributed by atoms with E-state index in [1.807, 2.05) is 11.8 Å². The van der Waals surface area contributed by atoms with E-state index in [0.717, 1.165) is 11.5 Å². The van der Waals surface area contributed by atoms with Crippen LogP contribution in [0.25, 0.3) is 0 Å². The second-order valence-electron chi connectivity index (χ2n) is 4.04. The fourth-order valence-electron chi connectivity index (χ4n) is 2.01. The number of hydrogen-bond donors (Lipinski definition) is 1. The number of halogens is 2. The molecule has 1 aromatic carbocycles. The van der Waals surface area contributed by atoms with Crippen molar-refractivity contribution in [3.63, 3.8) is 0 Å². The van der Waals surface area contributed by atoms with Crippen LogP contribution in [0.3, 0.4) is 0 Å². The zero-order valence-corrected chi connectivity index (χ0v) is 10.6. The quantitative estimate of drug-likeness (QED) is 0.895. The Morgan fingerprint density at radius 3 is 2.35 bits per heavy atom. The van der Waals surface area contributed by atoms with Gasteiger partial charge < -0.3 is 10.2 Å². The van der Waals surface area contributed by atoms with Crippen molar-refractivity contribution in [2.24, 2.45) is 0 Å². The standard InChI is InChI=1S/C12H16F2N2S/c1-15-8-9-6-10(13)12(11(14)7-9)16-2-4-17-5-3-16/h6-7,15H,2-5,8H2,1H3. The topological polar surface area (TPSA) is 15.3 Å². The highest BCUT2D eigenvalue weighted by atomic mass is 32.2. The molecule has 94 valence electrons. The van der Waals surface area contributed by atoms with E-state index in [9.17, 15) is 8.78 Å². The Kier molecular flexibility index (Phi) is 4.23. The minimum atomic E-state index is -0.456. The second kappa shape index (κ2) is 5.69. The van der Waals surface area contributed by atoms with Crippen LogP contribution in [0, 0.1) is 11.6 Å². The molecule has 0 bridgehead atoms. The van der Waals surface area contributed by atoms with Gasteiger partial charge in [-0.25, -0.2) is 8.78 Å². The summed E-state index contributed by atoms with van der Waals surface area (Å²) in [5.41, 5.74) is 0.766. The fourth-order valence-corrected chi connectivity index (χ4v) is 2.92. The largest absolute Gasteiger partial charge is 0.365 e. The minimum Gasteiger partial charge on any atom is -0.365 e. The summed E-state index contributed by atoms with van der Waals surface area (Å²) in [4.78, 5) is 1.80. The Morgan fingerprint density at radius 2 is 1.82 bits per heavy atom. The molecule has 0 aromatic heterocycles. The number of nitrogens with zero attached hydrogens (tertiary/aromatic N) is 1. The maximum atomic E-state index is 13.9. The molecule has 1 N–H and O–H groups in total. The van der Waals surface area contributed by atoms with Crippen molar-refractivity contribution in [1.29, 1.82) is 0 Å². The average Bonchev–Trinajstić information content (AvgIpc) is 2.30. The SMILES string of the molecule is CNCc1cc(F)c(N2CCSCC2)c(F)c1. The minimum absolute atomic E-state index is 0.130. The van der Waals surface area contributed by atoms with Crippen molar-refractivity contribution in [2.45, 2.75) is 6.54 Å². The van der Waals surface area contributed by atoms with Gasteiger partial charge in [0.05, 0.1) is 0 Å². The Hall–Kier alpha value is -0.810. The first-order valence-electron chi connectivity index (χ1n) is 5.67. The van der Waals surface area contributed by atoms with Crippen LogP contribution in [-0.2, 0) is 6.54 Å². The van der Waals surface area contributed by atoms with Crippen molar-refractivity contribution < 1.29 is 8.78 Å². The number of hydrogen-bond acceptors (Lipinski definition) is 3. The van der Waals surface area contributed by atoms with Crippen molar-refractivity contribution >= 4 is 17.4 Å². The van der Waals surface area contributed by atoms with Gasteiger partial charge in [-0.1, -0.05) is 0 Å². The van der Waals surface area contributed by atoms with Gasteiger partial charge in [0.2, 0.25) is 0 Å². The molecule has 1 aliphatic heterocycles. The van der Waals surface area contributed by atoms with E-state index in [4.69, 9.17) is 0 Å². The maximum Gasteiger partial charge on any atom is 0.149 e. The Labute approximate surface area is 104 Å². The van der Waals surface area contributed by atoms with Gasteiger partial charge in [-0.05, 0) is 24.7 Å². The van der Waals surface area contributed by atoms with Crippen LogP contribution >= 0.6 is 11.8 Å². The van der Waals surface area contributed by atoms with Crippen LogP contribution in [-0.4, -0.2) is 31.6 Å². The van der Waals surface area contributed by atoms with Crippen molar-refractivity contribution in [3.05, 3.63) is 29.3 Å². The van der Waals surface area contributed by atoms with E-state index in [-0.39, 0.29) is 5.69 Å². The van der Waals surface area contributed by atoms with Gasteiger partial charge in [0, 0.05) is 31.1 Å². The third-order valence-corrected chi connectivity index (χ3v) is 3.73. The number of rotatable bonds is 3. The fraction of sp³-hybridized carbons (Fsp3) is 0.500. The summed E-state index contributed by atoms with van der Waals surface area (Å²) in [6, 6.07) is 2.83. The summed E-state index contributed by atoms with van der Waals surface area (Å²) in [5.74, 6) is 0.943. The summed E-state index contributed by atoms with van der Waals surface area (Å²) in [6.07, 6.45) is 0. The number of benzene rings is 1. The van der Waals surface area contributed by atoms with E-state index in [2.05, 4.69) is 5.32 Å². The lowest BCUT2D eigenvalue weighted by Crippen LogP contribution is -2.34. The van der Waals surface area contributed by atoms with E-state index < -0.39 is 11.6 Å². The molecule has 0 unspecified atom stereocenters. The van der Waals surface area contributed by atoms with Crippen molar-refractivity contribution in [1.82, 2.24) is 5.32 Å². The van der Waals surface area contributed by atoms with Gasteiger partial charge in [-0.15, -0.1) is 0 Å². The molecule has 1 heterocycles. The lowest BCUT2D eigenvalue weighted by atomic mass is 10.1. The van der Waals surface area contributed by atoms with Crippen LogP contribution < -0.4 is 10.2 Å². The molecular formula is C12H16F2N2S. The number of thioether (sulfide) groups is 1. The molecule has 0 spiro atoms. The van der Waals surface area contributed by atoms with E-state index in [0.29, 0.717) is 25.2 Å². The molecule has 5 heteroatoms. The summed E-state index contributed by atoms with van der Waals surface area (Å²) in [6.45, 7) is 1.90. The van der Waals surface area contributed by atoms with Crippen LogP contribution in [0.1, 0.15) is 5.56 Å². The van der Waals surface area contributed by atoms with E-state index >= 15 is 0 Å². The van der Waals surface area contributed by atoms with Gasteiger partial charge in [0.1, 0.15) is 17.3 Å². The lowest BCUT2D eigenvalue weighted by molar-refractivity contribution is 0.568. The second-order valence-corrected chi connectivity index (χ2v) is 5.26. The number of anilines is 1. The molecule has 0 amide bonds. The molecule has 1 aliphatic rings. The normalized spacial score (nSPS) is 16.3. The van der Waals surface area contributed by atoms with E-state index in [1.54, 1.807) is 11.9 Å². The summed E-state index contributed by atoms with van der Waals surface area (Å²) in [7, 11) is 1.76. The molecule has 0 radical (unpaired) electrons. The van der Waals surface area contributed by atoms with Gasteiger partial charge in [-0.3, -0.25) is 0 Å². The number of nitrogens with one attached hydrogen (secondary N) is 1. The first kappa shape index (κ1) is 12.6. The third-order valence-electron chi connectivity index (χ3n) is 2.78. The molecule has 17 heavy (non-hydrogen) atoms. The zero-order chi connectivity index (χ0) is 12.3. The molecule has 2 rings (SSSR count). The van der Waals surface area contributed by atoms with Crippen LogP contribution in [0.2, 0.25) is 0 Å². The van der Waals surface area contributed by atoms with Gasteiger partial charge in [-0.2, -0.15) is 11.8 Å². The predicted molar refractivity (Wildman–Crippen MR) is 68.7 cm³/mol. The Bertz CT molecular complexity index is 369. The van der Waals surface area contributed by atoms with Gasteiger partial charge in [0.15, 0.2) is 0 Å². The van der Waals surface area contributed by atoms with Gasteiger partial charge in [0.25, 0.3) is 0 Å². The first-order chi connectivity index (χ1) is 8.22. The highest BCUT2D eigenvalue weighted by molar-refractivity contribution is 7.99. The molecule has 0 saturated carbocycles. The molecule has 1 saturated heterocycles. The third kappa shape index (κ3) is 2.90. The van der Waals surface area contributed by atoms with Gasteiger partial charge >= 0.3 is 0 Å². The average molecular weight is 258 g/mol. The van der Waals surface area contributed by atoms with E-state index in [1.165, 1.54) is 12.1 Å². The highest BCUT2D eigenvalue weighted by Gasteiger charge is 2.19. The summed E-state index contributed by atoms with van der Waals surface area (Å²) >= 11 is 1.82. The summed E-state index contributed by atoms with van der Waals surface area (Å²) < 4.78 is 27.8. The maximum absolute atomic E-state index is 13.9. The lowest BCUT2D eigenvalue weighted by Gasteiger charge is -2.29. The highest BCUT2D eigenvalue weighted by Crippen LogP contribution is 2.27. The molecule has 2 nitrogen and oxygen atoms in total. The molecule has 0 aliphatic carbocycles.